The van der Waals surface area contributed by atoms with Gasteiger partial charge in [-0.15, -0.1) is 0 Å². The number of hydrogen-bond acceptors (Lipinski definition) is 1. The standard InChI is InChI=1S/C62H42N2/c1-3-20-41(21-4-1)63(43-38-39-58-49(40-43)48-28-11-18-36-57(48)64(58)42-22-5-2-6-23-42)59-37-19-35-56-60(59)62(52-31-14-9-26-46(52)47-27-10-15-32-53(47)62)55-34-17-16-33-54(55)61(56)50-29-12-7-24-44(50)45-25-8-13-30-51(45)61/h1-12,14-29,31-40H,13,30H2. The van der Waals surface area contributed by atoms with Gasteiger partial charge in [0.15, 0.2) is 0 Å². The summed E-state index contributed by atoms with van der Waals surface area (Å²) in [5.74, 6) is 0. The second-order valence-electron chi connectivity index (χ2n) is 17.8. The summed E-state index contributed by atoms with van der Waals surface area (Å²) in [5.41, 5.74) is 22.2. The monoisotopic (exact) mass is 814 g/mol. The summed E-state index contributed by atoms with van der Waals surface area (Å²) < 4.78 is 2.41. The smallest absolute Gasteiger partial charge is 0.0740 e. The molecule has 0 amide bonds. The molecule has 0 saturated carbocycles. The number of benzene rings is 9. The molecule has 0 saturated heterocycles. The molecule has 0 aliphatic heterocycles. The fraction of sp³-hybridized carbons (Fsp3) is 0.0645. The molecule has 10 aromatic rings. The normalized spacial score (nSPS) is 17.0. The summed E-state index contributed by atoms with van der Waals surface area (Å²) >= 11 is 0. The number of allylic oxidation sites excluding steroid dienone is 4. The fourth-order valence-corrected chi connectivity index (χ4v) is 12.7. The van der Waals surface area contributed by atoms with Crippen LogP contribution in [-0.4, -0.2) is 4.57 Å². The fourth-order valence-electron chi connectivity index (χ4n) is 12.7. The number of hydrogen-bond donors (Lipinski definition) is 0. The van der Waals surface area contributed by atoms with Crippen molar-refractivity contribution in [1.82, 2.24) is 4.57 Å². The summed E-state index contributed by atoms with van der Waals surface area (Å²) in [6.45, 7) is 0. The summed E-state index contributed by atoms with van der Waals surface area (Å²) in [4.78, 5) is 2.57. The molecule has 4 aliphatic carbocycles. The summed E-state index contributed by atoms with van der Waals surface area (Å²) in [6.07, 6.45) is 6.83. The van der Waals surface area contributed by atoms with Crippen molar-refractivity contribution in [3.05, 3.63) is 281 Å². The zero-order valence-corrected chi connectivity index (χ0v) is 35.2. The van der Waals surface area contributed by atoms with E-state index < -0.39 is 10.8 Å². The van der Waals surface area contributed by atoms with Crippen LogP contribution in [0.3, 0.4) is 0 Å². The molecule has 1 unspecified atom stereocenters. The molecular weight excluding hydrogens is 773 g/mol. The predicted octanol–water partition coefficient (Wildman–Crippen LogP) is 15.4. The number of aromatic nitrogens is 1. The van der Waals surface area contributed by atoms with Crippen molar-refractivity contribution in [2.24, 2.45) is 0 Å². The van der Waals surface area contributed by atoms with Gasteiger partial charge in [0.1, 0.15) is 0 Å². The lowest BCUT2D eigenvalue weighted by atomic mass is 9.51. The predicted molar refractivity (Wildman–Crippen MR) is 264 cm³/mol. The van der Waals surface area contributed by atoms with Gasteiger partial charge in [0.05, 0.1) is 27.6 Å². The molecule has 0 bridgehead atoms. The zero-order valence-electron chi connectivity index (χ0n) is 35.2. The van der Waals surface area contributed by atoms with Crippen LogP contribution in [0.5, 0.6) is 0 Å². The van der Waals surface area contributed by atoms with Crippen molar-refractivity contribution < 1.29 is 0 Å². The largest absolute Gasteiger partial charge is 0.310 e. The van der Waals surface area contributed by atoms with Gasteiger partial charge >= 0.3 is 0 Å². The number of anilines is 3. The quantitative estimate of drug-likeness (QED) is 0.172. The van der Waals surface area contributed by atoms with Gasteiger partial charge in [0.25, 0.3) is 0 Å². The van der Waals surface area contributed by atoms with E-state index in [-0.39, 0.29) is 0 Å². The van der Waals surface area contributed by atoms with Crippen LogP contribution in [0.1, 0.15) is 57.3 Å². The minimum atomic E-state index is -0.621. The average Bonchev–Trinajstić information content (AvgIpc) is 3.97. The van der Waals surface area contributed by atoms with Crippen molar-refractivity contribution in [3.63, 3.8) is 0 Å². The molecule has 0 fully saturated rings. The third-order valence-electron chi connectivity index (χ3n) is 14.9. The van der Waals surface area contributed by atoms with E-state index in [2.05, 4.69) is 240 Å². The highest BCUT2D eigenvalue weighted by Gasteiger charge is 2.60. The molecule has 1 heterocycles. The third-order valence-corrected chi connectivity index (χ3v) is 14.9. The first-order chi connectivity index (χ1) is 31.8. The van der Waals surface area contributed by atoms with Gasteiger partial charge in [-0.3, -0.25) is 0 Å². The van der Waals surface area contributed by atoms with Crippen LogP contribution in [0.2, 0.25) is 0 Å². The second kappa shape index (κ2) is 13.3. The van der Waals surface area contributed by atoms with Crippen LogP contribution >= 0.6 is 0 Å². The van der Waals surface area contributed by atoms with Crippen molar-refractivity contribution >= 4 is 44.4 Å². The number of fused-ring (bicyclic) bond motifs is 18. The lowest BCUT2D eigenvalue weighted by Crippen LogP contribution is -2.45. The molecule has 0 radical (unpaired) electrons. The van der Waals surface area contributed by atoms with Crippen LogP contribution in [0.4, 0.5) is 17.1 Å². The lowest BCUT2D eigenvalue weighted by molar-refractivity contribution is 0.606. The van der Waals surface area contributed by atoms with Crippen LogP contribution in [-0.2, 0) is 10.8 Å². The number of nitrogens with zero attached hydrogens (tertiary/aromatic N) is 2. The van der Waals surface area contributed by atoms with Gasteiger partial charge < -0.3 is 9.47 Å². The Morgan fingerprint density at radius 1 is 0.406 bits per heavy atom. The van der Waals surface area contributed by atoms with Crippen LogP contribution in [0, 0.1) is 0 Å². The van der Waals surface area contributed by atoms with E-state index >= 15 is 0 Å². The first-order valence-electron chi connectivity index (χ1n) is 22.7. The Bertz CT molecular complexity index is 3580. The maximum Gasteiger partial charge on any atom is 0.0740 e. The van der Waals surface area contributed by atoms with Crippen LogP contribution in [0.15, 0.2) is 236 Å². The van der Waals surface area contributed by atoms with Crippen LogP contribution < -0.4 is 4.90 Å². The Kier molecular flexibility index (Phi) is 7.40. The maximum absolute atomic E-state index is 2.57. The molecule has 300 valence electrons. The van der Waals surface area contributed by atoms with Gasteiger partial charge in [0.2, 0.25) is 0 Å². The first-order valence-corrected chi connectivity index (χ1v) is 22.7. The molecule has 9 aromatic carbocycles. The minimum absolute atomic E-state index is 0.494. The van der Waals surface area contributed by atoms with Crippen molar-refractivity contribution in [2.45, 2.75) is 23.7 Å². The van der Waals surface area contributed by atoms with E-state index in [1.165, 1.54) is 94.3 Å². The van der Waals surface area contributed by atoms with Gasteiger partial charge in [-0.25, -0.2) is 0 Å². The highest BCUT2D eigenvalue weighted by atomic mass is 15.1. The molecule has 2 heteroatoms. The maximum atomic E-state index is 2.57. The Labute approximate surface area is 373 Å². The molecule has 4 aliphatic rings. The highest BCUT2D eigenvalue weighted by molar-refractivity contribution is 6.11. The average molecular weight is 815 g/mol. The Morgan fingerprint density at radius 2 is 0.969 bits per heavy atom. The lowest BCUT2D eigenvalue weighted by Gasteiger charge is -2.51. The van der Waals surface area contributed by atoms with E-state index in [9.17, 15) is 0 Å². The molecule has 1 aromatic heterocycles. The van der Waals surface area contributed by atoms with Gasteiger partial charge in [0, 0.05) is 33.4 Å². The number of para-hydroxylation sites is 3. The molecule has 0 N–H and O–H groups in total. The van der Waals surface area contributed by atoms with Gasteiger partial charge in [-0.05, 0) is 129 Å². The van der Waals surface area contributed by atoms with E-state index in [1.807, 2.05) is 0 Å². The Hall–Kier alpha value is -7.94. The SMILES string of the molecule is C1=CC2=C(CC1)C1(c3ccccc32)c2ccccc2C2(c3ccccc3-c3ccccc32)c2c(N(c3ccccc3)c3ccc4c(c3)c3ccccc3n4-c3ccccc3)cccc21. The van der Waals surface area contributed by atoms with E-state index in [0.29, 0.717) is 0 Å². The topological polar surface area (TPSA) is 8.17 Å². The van der Waals surface area contributed by atoms with Crippen molar-refractivity contribution in [2.75, 3.05) is 4.90 Å². The van der Waals surface area contributed by atoms with Crippen LogP contribution in [0.25, 0.3) is 44.2 Å². The first kappa shape index (κ1) is 35.6. The molecule has 2 nitrogen and oxygen atoms in total. The molecular formula is C62H42N2. The van der Waals surface area contributed by atoms with E-state index in [1.54, 1.807) is 0 Å². The zero-order chi connectivity index (χ0) is 42.0. The van der Waals surface area contributed by atoms with E-state index in [4.69, 9.17) is 0 Å². The van der Waals surface area contributed by atoms with E-state index in [0.717, 1.165) is 29.9 Å². The second-order valence-corrected chi connectivity index (χ2v) is 17.8. The molecule has 14 rings (SSSR count). The molecule has 64 heavy (non-hydrogen) atoms. The molecule has 2 spiro atoms. The van der Waals surface area contributed by atoms with Gasteiger partial charge in [-0.1, -0.05) is 176 Å². The summed E-state index contributed by atoms with van der Waals surface area (Å²) in [5, 5.41) is 2.46. The van der Waals surface area contributed by atoms with Gasteiger partial charge in [-0.2, -0.15) is 0 Å². The van der Waals surface area contributed by atoms with Crippen molar-refractivity contribution in [3.8, 4) is 16.8 Å². The highest BCUT2D eigenvalue weighted by Crippen LogP contribution is 2.69. The third kappa shape index (κ3) is 4.44. The molecule has 1 atom stereocenters. The Morgan fingerprint density at radius 3 is 1.70 bits per heavy atom. The number of rotatable bonds is 4. The van der Waals surface area contributed by atoms with Crippen molar-refractivity contribution in [1.29, 1.82) is 0 Å². The summed E-state index contributed by atoms with van der Waals surface area (Å²) in [7, 11) is 0. The minimum Gasteiger partial charge on any atom is -0.310 e. The Balaban J connectivity index is 1.15. The summed E-state index contributed by atoms with van der Waals surface area (Å²) in [6, 6.07) is 82.3.